The van der Waals surface area contributed by atoms with Gasteiger partial charge in [0.1, 0.15) is 25.4 Å². The van der Waals surface area contributed by atoms with Crippen LogP contribution in [0.3, 0.4) is 0 Å². The molecule has 0 saturated carbocycles. The molecule has 4 aliphatic rings. The number of esters is 8. The molecule has 0 amide bonds. The van der Waals surface area contributed by atoms with Gasteiger partial charge in [-0.05, 0) is 18.3 Å². The van der Waals surface area contributed by atoms with Crippen LogP contribution in [-0.2, 0) is 105 Å². The van der Waals surface area contributed by atoms with Crippen molar-refractivity contribution in [3.05, 3.63) is 0 Å². The predicted octanol–water partition coefficient (Wildman–Crippen LogP) is 4.28. The van der Waals surface area contributed by atoms with E-state index in [1.807, 2.05) is 34.6 Å². The Morgan fingerprint density at radius 2 is 0.643 bits per heavy atom. The average molecular weight is 1120 g/mol. The summed E-state index contributed by atoms with van der Waals surface area (Å²) in [6, 6.07) is 0. The second kappa shape index (κ2) is 27.9. The van der Waals surface area contributed by atoms with Crippen molar-refractivity contribution in [1.82, 2.24) is 0 Å². The molecular formula is C47H73IO22. The zero-order chi connectivity index (χ0) is 52.9. The highest BCUT2D eigenvalue weighted by Gasteiger charge is 2.54. The molecule has 4 rings (SSSR count). The molecule has 0 N–H and O–H groups in total. The van der Waals surface area contributed by atoms with Crippen molar-refractivity contribution in [2.45, 2.75) is 196 Å². The minimum atomic E-state index is -1.23. The summed E-state index contributed by atoms with van der Waals surface area (Å²) < 4.78 is 80.5. The summed E-state index contributed by atoms with van der Waals surface area (Å²) in [4.78, 5) is 93.7. The first-order valence-electron chi connectivity index (χ1n) is 23.5. The fourth-order valence-electron chi connectivity index (χ4n) is 8.92. The summed E-state index contributed by atoms with van der Waals surface area (Å²) >= 11 is 2.23. The molecule has 0 bridgehead atoms. The number of carbonyl (C=O) groups is 8. The van der Waals surface area contributed by atoms with Gasteiger partial charge in [0, 0.05) is 83.5 Å². The lowest BCUT2D eigenvalue weighted by Crippen LogP contribution is -2.61. The Morgan fingerprint density at radius 3 is 0.929 bits per heavy atom. The molecule has 4 aliphatic heterocycles. The highest BCUT2D eigenvalue weighted by molar-refractivity contribution is 14.1. The third-order valence-electron chi connectivity index (χ3n) is 12.8. The van der Waals surface area contributed by atoms with E-state index >= 15 is 0 Å². The third-order valence-corrected chi connectivity index (χ3v) is 13.7. The molecule has 0 aromatic carbocycles. The maximum atomic E-state index is 11.9. The summed E-state index contributed by atoms with van der Waals surface area (Å²) in [5, 5.41) is 0. The van der Waals surface area contributed by atoms with Crippen LogP contribution in [0.1, 0.15) is 110 Å². The van der Waals surface area contributed by atoms with Crippen molar-refractivity contribution < 1.29 is 105 Å². The van der Waals surface area contributed by atoms with Gasteiger partial charge in [0.2, 0.25) is 12.6 Å². The first-order valence-corrected chi connectivity index (χ1v) is 25.0. The smallest absolute Gasteiger partial charge is 0.305 e. The van der Waals surface area contributed by atoms with Crippen LogP contribution in [0.4, 0.5) is 0 Å². The summed E-state index contributed by atoms with van der Waals surface area (Å²) in [7, 11) is 0. The Balaban J connectivity index is 0.000000370. The number of ether oxygens (including phenoxy) is 14. The minimum absolute atomic E-state index is 0.0765. The van der Waals surface area contributed by atoms with Gasteiger partial charge in [-0.1, -0.05) is 71.1 Å². The van der Waals surface area contributed by atoms with Crippen LogP contribution in [0.2, 0.25) is 0 Å². The molecular weight excluding hydrogens is 1040 g/mol. The van der Waals surface area contributed by atoms with Crippen molar-refractivity contribution in [2.75, 3.05) is 17.6 Å². The molecule has 70 heavy (non-hydrogen) atoms. The van der Waals surface area contributed by atoms with Crippen molar-refractivity contribution in [3.63, 3.8) is 0 Å². The lowest BCUT2D eigenvalue weighted by Gasteiger charge is -2.48. The molecule has 0 aromatic rings. The first kappa shape index (κ1) is 60.6. The maximum absolute atomic E-state index is 11.9. The van der Waals surface area contributed by atoms with Gasteiger partial charge in [-0.2, -0.15) is 0 Å². The Morgan fingerprint density at radius 1 is 0.357 bits per heavy atom. The van der Waals surface area contributed by atoms with Crippen LogP contribution >= 0.6 is 22.6 Å². The zero-order valence-corrected chi connectivity index (χ0v) is 44.9. The van der Waals surface area contributed by atoms with Crippen molar-refractivity contribution >= 4 is 70.3 Å². The molecule has 4 heterocycles. The topological polar surface area (TPSA) is 266 Å². The number of halogens is 1. The van der Waals surface area contributed by atoms with E-state index in [1.54, 1.807) is 13.8 Å². The van der Waals surface area contributed by atoms with Gasteiger partial charge in [-0.3, -0.25) is 38.4 Å². The van der Waals surface area contributed by atoms with Crippen molar-refractivity contribution in [3.8, 4) is 0 Å². The molecule has 0 aliphatic carbocycles. The molecule has 0 spiro atoms. The van der Waals surface area contributed by atoms with Crippen LogP contribution in [0.25, 0.3) is 0 Å². The number of hydrogen-bond acceptors (Lipinski definition) is 22. The second-order valence-corrected chi connectivity index (χ2v) is 19.1. The van der Waals surface area contributed by atoms with Crippen LogP contribution in [-0.4, -0.2) is 152 Å². The van der Waals surface area contributed by atoms with E-state index in [0.717, 1.165) is 6.42 Å². The van der Waals surface area contributed by atoms with Crippen LogP contribution in [0, 0.1) is 35.5 Å². The largest absolute Gasteiger partial charge is 0.463 e. The van der Waals surface area contributed by atoms with Gasteiger partial charge >= 0.3 is 47.8 Å². The number of hydrogen-bond donors (Lipinski definition) is 0. The zero-order valence-electron chi connectivity index (χ0n) is 42.7. The normalized spacial score (nSPS) is 37.1. The SMILES string of the molecule is CC(=O)OCC1OC(OC(C)=O)C(OC(C)=O)C(C)C1OC1OC(CI)C(C)C(C)C1OC(C)=O.CCC1OC(OC2C(COC(C)=O)OC(OC(C)=O)C(OC(C)=O)C2C)C(OC(C)=O)C(C)C1C. The van der Waals surface area contributed by atoms with E-state index < -0.39 is 134 Å². The monoisotopic (exact) mass is 1120 g/mol. The molecule has 20 atom stereocenters. The quantitative estimate of drug-likeness (QED) is 0.0903. The Kier molecular flexibility index (Phi) is 24.1. The van der Waals surface area contributed by atoms with Gasteiger partial charge in [-0.15, -0.1) is 0 Å². The molecule has 23 heteroatoms. The highest BCUT2D eigenvalue weighted by atomic mass is 127. The van der Waals surface area contributed by atoms with Gasteiger partial charge in [0.25, 0.3) is 0 Å². The summed E-state index contributed by atoms with van der Waals surface area (Å²) in [5.41, 5.74) is 0. The summed E-state index contributed by atoms with van der Waals surface area (Å²) in [6.07, 6.45) is -10.8. The first-order chi connectivity index (χ1) is 32.7. The summed E-state index contributed by atoms with van der Waals surface area (Å²) in [5.74, 6) is -5.61. The van der Waals surface area contributed by atoms with Crippen LogP contribution < -0.4 is 0 Å². The Labute approximate surface area is 423 Å². The lowest BCUT2D eigenvalue weighted by atomic mass is 9.82. The van der Waals surface area contributed by atoms with Gasteiger partial charge in [0.05, 0.1) is 24.4 Å². The van der Waals surface area contributed by atoms with Crippen molar-refractivity contribution in [1.29, 1.82) is 0 Å². The van der Waals surface area contributed by atoms with Gasteiger partial charge < -0.3 is 66.3 Å². The number of carbonyl (C=O) groups excluding carboxylic acids is 8. The molecule has 0 aromatic heterocycles. The van der Waals surface area contributed by atoms with Gasteiger partial charge in [0.15, 0.2) is 37.0 Å². The van der Waals surface area contributed by atoms with E-state index in [1.165, 1.54) is 55.4 Å². The molecule has 400 valence electrons. The minimum Gasteiger partial charge on any atom is -0.463 e. The van der Waals surface area contributed by atoms with E-state index in [4.69, 9.17) is 66.3 Å². The second-order valence-electron chi connectivity index (χ2n) is 18.2. The van der Waals surface area contributed by atoms with E-state index in [-0.39, 0.29) is 49.1 Å². The van der Waals surface area contributed by atoms with Gasteiger partial charge in [-0.25, -0.2) is 0 Å². The average Bonchev–Trinajstić information content (AvgIpc) is 3.25. The molecule has 4 saturated heterocycles. The maximum Gasteiger partial charge on any atom is 0.305 e. The third kappa shape index (κ3) is 17.2. The number of rotatable bonds is 16. The van der Waals surface area contributed by atoms with Crippen molar-refractivity contribution in [2.24, 2.45) is 35.5 Å². The molecule has 0 radical (unpaired) electrons. The van der Waals surface area contributed by atoms with E-state index in [0.29, 0.717) is 4.43 Å². The standard InChI is InChI=1S/C24H38O11.C23H35IO11/c1-9-18-11(2)12(3)21(30-15(6)26)24(33-18)35-20-13(4)22(31-16(7)27)23(32-17(8)28)34-19(20)10-29-14(5)25;1-10-11(2)20(30-14(5)26)23(33-17(10)8-24)35-19-12(3)21(31-15(6)27)22(32-16(7)28)34-18(19)9-29-13(4)25/h11-13,18-24H,9-10H2,1-8H3;10-12,17-23H,8-9H2,1-7H3. The molecule has 22 nitrogen and oxygen atoms in total. The van der Waals surface area contributed by atoms with Crippen LogP contribution in [0.15, 0.2) is 0 Å². The Bertz CT molecular complexity index is 1670. The molecule has 20 unspecified atom stereocenters. The summed E-state index contributed by atoms with van der Waals surface area (Å²) in [6.45, 7) is 23.1. The fraction of sp³-hybridized carbons (Fsp3) is 0.830. The van der Waals surface area contributed by atoms with E-state index in [2.05, 4.69) is 22.6 Å². The number of alkyl halides is 1. The van der Waals surface area contributed by atoms with E-state index in [9.17, 15) is 38.4 Å². The lowest BCUT2D eigenvalue weighted by molar-refractivity contribution is -0.339. The molecule has 4 fully saturated rings. The predicted molar refractivity (Wildman–Crippen MR) is 248 cm³/mol. The van der Waals surface area contributed by atoms with Crippen LogP contribution in [0.5, 0.6) is 0 Å². The fourth-order valence-corrected chi connectivity index (χ4v) is 9.93. The Hall–Kier alpha value is -3.75. The highest BCUT2D eigenvalue weighted by Crippen LogP contribution is 2.41.